The maximum Gasteiger partial charge on any atom is 0.311 e. The maximum atomic E-state index is 10.8. The third kappa shape index (κ3) is 2.41. The zero-order valence-corrected chi connectivity index (χ0v) is 6.33. The summed E-state index contributed by atoms with van der Waals surface area (Å²) < 4.78 is 4.72. The normalized spacial score (nSPS) is 9.55. The van der Waals surface area contributed by atoms with Crippen molar-refractivity contribution < 1.29 is 9.53 Å². The maximum absolute atomic E-state index is 10.8. The molecule has 1 rings (SSSR count). The van der Waals surface area contributed by atoms with E-state index in [9.17, 15) is 4.79 Å². The Morgan fingerprint density at radius 3 is 3.18 bits per heavy atom. The van der Waals surface area contributed by atoms with Crippen molar-refractivity contribution in [2.45, 2.75) is 13.3 Å². The van der Waals surface area contributed by atoms with Crippen molar-refractivity contribution >= 4 is 5.97 Å². The Hall–Kier alpha value is -1.32. The Bertz CT molecular complexity index is 218. The summed E-state index contributed by atoms with van der Waals surface area (Å²) in [5.74, 6) is -0.236. The third-order valence-electron chi connectivity index (χ3n) is 1.19. The molecule has 4 heteroatoms. The summed E-state index contributed by atoms with van der Waals surface area (Å²) in [6.45, 7) is 2.20. The number of nitrogens with one attached hydrogen (secondary N) is 1. The minimum Gasteiger partial charge on any atom is -0.466 e. The van der Waals surface area contributed by atoms with Gasteiger partial charge in [-0.1, -0.05) is 0 Å². The van der Waals surface area contributed by atoms with E-state index in [0.29, 0.717) is 12.3 Å². The molecular weight excluding hydrogens is 144 g/mol. The van der Waals surface area contributed by atoms with Crippen molar-refractivity contribution in [1.29, 1.82) is 0 Å². The predicted molar refractivity (Wildman–Crippen MR) is 38.9 cm³/mol. The zero-order valence-electron chi connectivity index (χ0n) is 6.33. The van der Waals surface area contributed by atoms with Crippen molar-refractivity contribution in [2.24, 2.45) is 0 Å². The van der Waals surface area contributed by atoms with E-state index in [0.717, 1.165) is 0 Å². The van der Waals surface area contributed by atoms with Crippen molar-refractivity contribution in [2.75, 3.05) is 6.61 Å². The summed E-state index contributed by atoms with van der Waals surface area (Å²) in [7, 11) is 0. The molecule has 0 saturated carbocycles. The van der Waals surface area contributed by atoms with Gasteiger partial charge in [-0.25, -0.2) is 0 Å². The molecule has 0 aliphatic carbocycles. The fraction of sp³-hybridized carbons (Fsp3) is 0.429. The average Bonchev–Trinajstić information content (AvgIpc) is 2.40. The number of hydrogen-bond donors (Lipinski definition) is 1. The van der Waals surface area contributed by atoms with Gasteiger partial charge in [0.1, 0.15) is 0 Å². The number of hydrogen-bond acceptors (Lipinski definition) is 3. The first-order valence-electron chi connectivity index (χ1n) is 3.47. The molecule has 0 amide bonds. The lowest BCUT2D eigenvalue weighted by Crippen LogP contribution is -2.07. The first-order chi connectivity index (χ1) is 5.33. The van der Waals surface area contributed by atoms with Gasteiger partial charge in [0.05, 0.1) is 18.7 Å². The highest BCUT2D eigenvalue weighted by Gasteiger charge is 2.03. The number of ether oxygens (including phenoxy) is 1. The number of rotatable bonds is 3. The van der Waals surface area contributed by atoms with Crippen LogP contribution >= 0.6 is 0 Å². The Labute approximate surface area is 64.6 Å². The van der Waals surface area contributed by atoms with E-state index in [-0.39, 0.29) is 12.4 Å². The van der Waals surface area contributed by atoms with Crippen LogP contribution in [0, 0.1) is 0 Å². The molecule has 1 aromatic heterocycles. The molecule has 0 fully saturated rings. The first kappa shape index (κ1) is 7.78. The minimum absolute atomic E-state index is 0.236. The van der Waals surface area contributed by atoms with E-state index < -0.39 is 0 Å². The summed E-state index contributed by atoms with van der Waals surface area (Å²) >= 11 is 0. The predicted octanol–water partition coefficient (Wildman–Crippen LogP) is 0.515. The molecule has 0 atom stereocenters. The monoisotopic (exact) mass is 154 g/mol. The second kappa shape index (κ2) is 3.75. The van der Waals surface area contributed by atoms with Gasteiger partial charge in [0, 0.05) is 6.20 Å². The number of carbonyl (C=O) groups excluding carboxylic acids is 1. The first-order valence-corrected chi connectivity index (χ1v) is 3.47. The molecule has 0 radical (unpaired) electrons. The Morgan fingerprint density at radius 2 is 2.64 bits per heavy atom. The molecule has 0 bridgehead atoms. The van der Waals surface area contributed by atoms with Gasteiger partial charge in [0.25, 0.3) is 0 Å². The van der Waals surface area contributed by atoms with Crippen LogP contribution in [0.5, 0.6) is 0 Å². The summed E-state index contributed by atoms with van der Waals surface area (Å²) in [6, 6.07) is 1.75. The van der Waals surface area contributed by atoms with Crippen LogP contribution < -0.4 is 0 Å². The van der Waals surface area contributed by atoms with Gasteiger partial charge in [-0.3, -0.25) is 9.89 Å². The second-order valence-corrected chi connectivity index (χ2v) is 2.05. The molecule has 0 aliphatic heterocycles. The largest absolute Gasteiger partial charge is 0.466 e. The SMILES string of the molecule is CCOC(=O)Cc1cc[nH]n1. The highest BCUT2D eigenvalue weighted by atomic mass is 16.5. The molecule has 0 saturated heterocycles. The highest BCUT2D eigenvalue weighted by Crippen LogP contribution is 1.94. The molecule has 4 nitrogen and oxygen atoms in total. The standard InChI is InChI=1S/C7H10N2O2/c1-2-11-7(10)5-6-3-4-8-9-6/h3-4H,2,5H2,1H3,(H,8,9). The van der Waals surface area contributed by atoms with Crippen LogP contribution in [-0.4, -0.2) is 22.8 Å². The molecule has 1 N–H and O–H groups in total. The molecule has 1 aromatic rings. The Balaban J connectivity index is 2.37. The molecule has 1 heterocycles. The van der Waals surface area contributed by atoms with Gasteiger partial charge in [0.15, 0.2) is 0 Å². The van der Waals surface area contributed by atoms with E-state index >= 15 is 0 Å². The summed E-state index contributed by atoms with van der Waals surface area (Å²) in [5.41, 5.74) is 0.712. The summed E-state index contributed by atoms with van der Waals surface area (Å²) in [6.07, 6.45) is 1.92. The number of aromatic amines is 1. The smallest absolute Gasteiger partial charge is 0.311 e. The quantitative estimate of drug-likeness (QED) is 0.645. The number of aromatic nitrogens is 2. The summed E-state index contributed by atoms with van der Waals surface area (Å²) in [4.78, 5) is 10.8. The van der Waals surface area contributed by atoms with E-state index in [2.05, 4.69) is 10.2 Å². The van der Waals surface area contributed by atoms with Crippen LogP contribution in [0.2, 0.25) is 0 Å². The molecule has 0 aliphatic rings. The van der Waals surface area contributed by atoms with E-state index in [1.807, 2.05) is 0 Å². The van der Waals surface area contributed by atoms with Crippen LogP contribution in [0.4, 0.5) is 0 Å². The van der Waals surface area contributed by atoms with Crippen LogP contribution in [0.3, 0.4) is 0 Å². The van der Waals surface area contributed by atoms with Gasteiger partial charge in [-0.2, -0.15) is 5.10 Å². The van der Waals surface area contributed by atoms with Gasteiger partial charge in [-0.15, -0.1) is 0 Å². The Kier molecular flexibility index (Phi) is 2.66. The van der Waals surface area contributed by atoms with E-state index in [1.165, 1.54) is 0 Å². The minimum atomic E-state index is -0.236. The van der Waals surface area contributed by atoms with Crippen molar-refractivity contribution in [1.82, 2.24) is 10.2 Å². The van der Waals surface area contributed by atoms with E-state index in [1.54, 1.807) is 19.2 Å². The van der Waals surface area contributed by atoms with Gasteiger partial charge < -0.3 is 4.74 Å². The van der Waals surface area contributed by atoms with Crippen molar-refractivity contribution in [3.63, 3.8) is 0 Å². The van der Waals surface area contributed by atoms with E-state index in [4.69, 9.17) is 4.74 Å². The fourth-order valence-electron chi connectivity index (χ4n) is 0.749. The van der Waals surface area contributed by atoms with Crippen molar-refractivity contribution in [3.05, 3.63) is 18.0 Å². The van der Waals surface area contributed by atoms with Crippen LogP contribution in [-0.2, 0) is 16.0 Å². The topological polar surface area (TPSA) is 55.0 Å². The zero-order chi connectivity index (χ0) is 8.10. The fourth-order valence-corrected chi connectivity index (χ4v) is 0.749. The number of carbonyl (C=O) groups is 1. The Morgan fingerprint density at radius 1 is 1.82 bits per heavy atom. The van der Waals surface area contributed by atoms with Gasteiger partial charge in [0.2, 0.25) is 0 Å². The van der Waals surface area contributed by atoms with Crippen LogP contribution in [0.15, 0.2) is 12.3 Å². The average molecular weight is 154 g/mol. The van der Waals surface area contributed by atoms with Crippen LogP contribution in [0.25, 0.3) is 0 Å². The second-order valence-electron chi connectivity index (χ2n) is 2.05. The number of nitrogens with zero attached hydrogens (tertiary/aromatic N) is 1. The third-order valence-corrected chi connectivity index (χ3v) is 1.19. The van der Waals surface area contributed by atoms with Gasteiger partial charge in [-0.05, 0) is 13.0 Å². The molecule has 0 spiro atoms. The van der Waals surface area contributed by atoms with Gasteiger partial charge >= 0.3 is 5.97 Å². The molecule has 60 valence electrons. The molecule has 0 aromatic carbocycles. The molecule has 11 heavy (non-hydrogen) atoms. The van der Waals surface area contributed by atoms with Crippen molar-refractivity contribution in [3.8, 4) is 0 Å². The molecule has 0 unspecified atom stereocenters. The van der Waals surface area contributed by atoms with Crippen LogP contribution in [0.1, 0.15) is 12.6 Å². The highest BCUT2D eigenvalue weighted by molar-refractivity contribution is 5.71. The molecular formula is C7H10N2O2. The lowest BCUT2D eigenvalue weighted by atomic mass is 10.3. The summed E-state index contributed by atoms with van der Waals surface area (Å²) in [5, 5.41) is 6.43. The number of H-pyrrole nitrogens is 1. The lowest BCUT2D eigenvalue weighted by Gasteiger charge is -1.97. The lowest BCUT2D eigenvalue weighted by molar-refractivity contribution is -0.142. The number of esters is 1.